The summed E-state index contributed by atoms with van der Waals surface area (Å²) >= 11 is 0. The Morgan fingerprint density at radius 1 is 1.62 bits per heavy atom. The maximum Gasteiger partial charge on any atom is -0.00490 e. The highest BCUT2D eigenvalue weighted by molar-refractivity contribution is 5.85. The lowest BCUT2D eigenvalue weighted by molar-refractivity contribution is 0.736. The number of rotatable bonds is 4. The van der Waals surface area contributed by atoms with E-state index >= 15 is 0 Å². The van der Waals surface area contributed by atoms with E-state index in [1.54, 1.807) is 0 Å². The maximum absolute atomic E-state index is 3.60. The first kappa shape index (κ1) is 10.9. The van der Waals surface area contributed by atoms with Gasteiger partial charge in [-0.2, -0.15) is 0 Å². The zero-order valence-electron chi connectivity index (χ0n) is 5.31. The molecule has 8 heavy (non-hydrogen) atoms. The van der Waals surface area contributed by atoms with Crippen molar-refractivity contribution in [2.24, 2.45) is 0 Å². The van der Waals surface area contributed by atoms with Gasteiger partial charge in [-0.05, 0) is 26.4 Å². The largest absolute Gasteiger partial charge is 0.320 e. The van der Waals surface area contributed by atoms with Gasteiger partial charge in [0, 0.05) is 0 Å². The lowest BCUT2D eigenvalue weighted by atomic mass is 10.3. The van der Waals surface area contributed by atoms with Crippen molar-refractivity contribution in [1.29, 1.82) is 0 Å². The number of allylic oxidation sites excluding steroid dienone is 1. The van der Waals surface area contributed by atoms with Gasteiger partial charge < -0.3 is 5.32 Å². The summed E-state index contributed by atoms with van der Waals surface area (Å²) in [7, 11) is 1.96. The second-order valence-corrected chi connectivity index (χ2v) is 1.53. The third-order valence-corrected chi connectivity index (χ3v) is 0.835. The normalized spacial score (nSPS) is 7.62. The fourth-order valence-corrected chi connectivity index (χ4v) is 0.423. The van der Waals surface area contributed by atoms with Crippen LogP contribution in [0.2, 0.25) is 0 Å². The van der Waals surface area contributed by atoms with Gasteiger partial charge in [0.25, 0.3) is 0 Å². The molecule has 0 aliphatic rings. The topological polar surface area (TPSA) is 12.0 Å². The Balaban J connectivity index is 0. The predicted octanol–water partition coefficient (Wildman–Crippen LogP) is 1.59. The van der Waals surface area contributed by atoms with E-state index in [-0.39, 0.29) is 12.4 Å². The summed E-state index contributed by atoms with van der Waals surface area (Å²) in [6, 6.07) is 0. The van der Waals surface area contributed by atoms with Gasteiger partial charge in [-0.25, -0.2) is 0 Å². The Morgan fingerprint density at radius 2 is 2.25 bits per heavy atom. The summed E-state index contributed by atoms with van der Waals surface area (Å²) in [5.74, 6) is 0. The summed E-state index contributed by atoms with van der Waals surface area (Å²) in [6.45, 7) is 4.71. The molecule has 0 saturated heterocycles. The minimum atomic E-state index is 0. The summed E-state index contributed by atoms with van der Waals surface area (Å²) in [6.07, 6.45) is 4.28. The molecule has 0 spiro atoms. The van der Waals surface area contributed by atoms with Crippen molar-refractivity contribution in [3.8, 4) is 0 Å². The van der Waals surface area contributed by atoms with E-state index in [0.717, 1.165) is 13.0 Å². The van der Waals surface area contributed by atoms with Gasteiger partial charge in [0.1, 0.15) is 0 Å². The highest BCUT2D eigenvalue weighted by Crippen LogP contribution is 1.83. The molecule has 1 nitrogen and oxygen atoms in total. The van der Waals surface area contributed by atoms with Gasteiger partial charge in [-0.1, -0.05) is 6.08 Å². The Morgan fingerprint density at radius 3 is 2.62 bits per heavy atom. The van der Waals surface area contributed by atoms with Crippen molar-refractivity contribution in [1.82, 2.24) is 5.32 Å². The molecule has 0 bridgehead atoms. The molecule has 0 saturated carbocycles. The summed E-state index contributed by atoms with van der Waals surface area (Å²) in [5.41, 5.74) is 0. The molecule has 0 aliphatic carbocycles. The van der Waals surface area contributed by atoms with Crippen LogP contribution in [0.4, 0.5) is 0 Å². The Hall–Kier alpha value is -0.0100. The predicted molar refractivity (Wildman–Crippen MR) is 40.6 cm³/mol. The lowest BCUT2D eigenvalue weighted by Gasteiger charge is -1.90. The van der Waals surface area contributed by atoms with Gasteiger partial charge in [-0.15, -0.1) is 19.0 Å². The third-order valence-electron chi connectivity index (χ3n) is 0.835. The molecule has 50 valence electrons. The molecular weight excluding hydrogens is 122 g/mol. The maximum atomic E-state index is 3.60. The average Bonchev–Trinajstić information content (AvgIpc) is 1.69. The van der Waals surface area contributed by atoms with E-state index in [1.165, 1.54) is 6.42 Å². The minimum Gasteiger partial charge on any atom is -0.320 e. The van der Waals surface area contributed by atoms with Crippen molar-refractivity contribution in [2.45, 2.75) is 12.8 Å². The van der Waals surface area contributed by atoms with Crippen molar-refractivity contribution in [2.75, 3.05) is 13.6 Å². The molecule has 0 amide bonds. The molecule has 0 heterocycles. The monoisotopic (exact) mass is 135 g/mol. The molecule has 0 aromatic rings. The van der Waals surface area contributed by atoms with Gasteiger partial charge in [-0.3, -0.25) is 0 Å². The van der Waals surface area contributed by atoms with Crippen LogP contribution in [0.15, 0.2) is 12.7 Å². The molecule has 0 aliphatic heterocycles. The number of unbranched alkanes of at least 4 members (excludes halogenated alkanes) is 1. The number of hydrogen-bond acceptors (Lipinski definition) is 1. The molecule has 0 fully saturated rings. The number of nitrogens with one attached hydrogen (secondary N) is 1. The van der Waals surface area contributed by atoms with Crippen LogP contribution in [0.3, 0.4) is 0 Å². The van der Waals surface area contributed by atoms with E-state index in [4.69, 9.17) is 0 Å². The molecule has 0 radical (unpaired) electrons. The fourth-order valence-electron chi connectivity index (χ4n) is 0.423. The van der Waals surface area contributed by atoms with Crippen LogP contribution in [0, 0.1) is 0 Å². The van der Waals surface area contributed by atoms with Crippen LogP contribution in [0.5, 0.6) is 0 Å². The number of halogens is 1. The first-order chi connectivity index (χ1) is 3.41. The van der Waals surface area contributed by atoms with E-state index in [2.05, 4.69) is 11.9 Å². The zero-order chi connectivity index (χ0) is 5.54. The van der Waals surface area contributed by atoms with Crippen LogP contribution in [0.1, 0.15) is 12.8 Å². The second-order valence-electron chi connectivity index (χ2n) is 1.53. The molecule has 2 heteroatoms. The average molecular weight is 136 g/mol. The van der Waals surface area contributed by atoms with Gasteiger partial charge in [0.15, 0.2) is 0 Å². The van der Waals surface area contributed by atoms with Crippen molar-refractivity contribution >= 4 is 12.4 Å². The van der Waals surface area contributed by atoms with Crippen molar-refractivity contribution in [3.63, 3.8) is 0 Å². The van der Waals surface area contributed by atoms with Crippen LogP contribution in [-0.2, 0) is 0 Å². The highest BCUT2D eigenvalue weighted by Gasteiger charge is 1.75. The minimum absolute atomic E-state index is 0. The molecule has 0 atom stereocenters. The fraction of sp³-hybridized carbons (Fsp3) is 0.667. The van der Waals surface area contributed by atoms with Crippen molar-refractivity contribution in [3.05, 3.63) is 12.7 Å². The second kappa shape index (κ2) is 10.1. The molecule has 0 aromatic heterocycles. The molecule has 0 aromatic carbocycles. The van der Waals surface area contributed by atoms with E-state index < -0.39 is 0 Å². The Bertz CT molecular complexity index is 45.8. The van der Waals surface area contributed by atoms with E-state index in [9.17, 15) is 0 Å². The van der Waals surface area contributed by atoms with Crippen molar-refractivity contribution < 1.29 is 0 Å². The molecule has 0 unspecified atom stereocenters. The standard InChI is InChI=1S/C6H13N.ClH/c1-3-4-5-6-7-2;/h3,7H,1,4-6H2,2H3;1H. The first-order valence-corrected chi connectivity index (χ1v) is 2.67. The highest BCUT2D eigenvalue weighted by atomic mass is 35.5. The summed E-state index contributed by atoms with van der Waals surface area (Å²) in [4.78, 5) is 0. The van der Waals surface area contributed by atoms with Gasteiger partial charge in [0.2, 0.25) is 0 Å². The molecule has 0 rings (SSSR count). The molecule has 1 N–H and O–H groups in total. The Labute approximate surface area is 57.6 Å². The third kappa shape index (κ3) is 9.37. The van der Waals surface area contributed by atoms with E-state index in [1.807, 2.05) is 13.1 Å². The molecular formula is C6H14ClN. The zero-order valence-corrected chi connectivity index (χ0v) is 6.13. The van der Waals surface area contributed by atoms with Crippen LogP contribution in [0.25, 0.3) is 0 Å². The first-order valence-electron chi connectivity index (χ1n) is 2.67. The van der Waals surface area contributed by atoms with Crippen LogP contribution < -0.4 is 5.32 Å². The lowest BCUT2D eigenvalue weighted by Crippen LogP contribution is -2.06. The summed E-state index contributed by atoms with van der Waals surface area (Å²) in [5, 5.41) is 3.05. The van der Waals surface area contributed by atoms with Crippen LogP contribution in [-0.4, -0.2) is 13.6 Å². The smallest absolute Gasteiger partial charge is 0.00490 e. The number of hydrogen-bond donors (Lipinski definition) is 1. The van der Waals surface area contributed by atoms with Gasteiger partial charge >= 0.3 is 0 Å². The SMILES string of the molecule is C=CCCCNC.Cl. The Kier molecular flexibility index (Phi) is 13.7. The van der Waals surface area contributed by atoms with Crippen LogP contribution >= 0.6 is 12.4 Å². The summed E-state index contributed by atoms with van der Waals surface area (Å²) < 4.78 is 0. The van der Waals surface area contributed by atoms with Gasteiger partial charge in [0.05, 0.1) is 0 Å². The quantitative estimate of drug-likeness (QED) is 0.456. The van der Waals surface area contributed by atoms with E-state index in [0.29, 0.717) is 0 Å².